The second kappa shape index (κ2) is 7.49. The lowest BCUT2D eigenvalue weighted by molar-refractivity contribution is 0.100. The van der Waals surface area contributed by atoms with Gasteiger partial charge in [-0.1, -0.05) is 11.6 Å². The predicted molar refractivity (Wildman–Crippen MR) is 105 cm³/mol. The fourth-order valence-electron chi connectivity index (χ4n) is 2.62. The number of benzene rings is 3. The standard InChI is InChI=1S/C20H14ClN3O2.H2O/c21-14-4-8-16(9-5-14)26-15-6-1-12(2-7-15)20-23-17-10-3-13(19(22)25)11-18(17)24-20;/h1-11H,(H2,22,25)(H,23,24);1H2. The van der Waals surface area contributed by atoms with E-state index in [0.717, 1.165) is 11.1 Å². The van der Waals surface area contributed by atoms with E-state index < -0.39 is 5.91 Å². The number of halogens is 1. The van der Waals surface area contributed by atoms with Gasteiger partial charge in [0.1, 0.15) is 17.3 Å². The van der Waals surface area contributed by atoms with Crippen LogP contribution in [0.1, 0.15) is 10.4 Å². The van der Waals surface area contributed by atoms with Gasteiger partial charge in [0, 0.05) is 16.1 Å². The molecule has 1 heterocycles. The minimum Gasteiger partial charge on any atom is -0.457 e. The number of carbonyl (C=O) groups is 1. The number of primary amides is 1. The zero-order valence-electron chi connectivity index (χ0n) is 14.1. The molecule has 0 atom stereocenters. The maximum Gasteiger partial charge on any atom is 0.248 e. The molecule has 0 unspecified atom stereocenters. The van der Waals surface area contributed by atoms with Crippen molar-refractivity contribution < 1.29 is 15.0 Å². The zero-order valence-corrected chi connectivity index (χ0v) is 14.8. The largest absolute Gasteiger partial charge is 0.457 e. The molecule has 4 rings (SSSR count). The summed E-state index contributed by atoms with van der Waals surface area (Å²) in [6.45, 7) is 0. The summed E-state index contributed by atoms with van der Waals surface area (Å²) >= 11 is 5.87. The highest BCUT2D eigenvalue weighted by molar-refractivity contribution is 6.30. The first-order chi connectivity index (χ1) is 12.6. The van der Waals surface area contributed by atoms with E-state index in [2.05, 4.69) is 9.97 Å². The van der Waals surface area contributed by atoms with Crippen LogP contribution in [0.5, 0.6) is 11.5 Å². The highest BCUT2D eigenvalue weighted by Crippen LogP contribution is 2.27. The van der Waals surface area contributed by atoms with Crippen molar-refractivity contribution in [3.63, 3.8) is 0 Å². The van der Waals surface area contributed by atoms with E-state index in [4.69, 9.17) is 22.1 Å². The smallest absolute Gasteiger partial charge is 0.248 e. The number of amides is 1. The lowest BCUT2D eigenvalue weighted by Crippen LogP contribution is -2.10. The van der Waals surface area contributed by atoms with Crippen LogP contribution in [0.2, 0.25) is 5.02 Å². The molecule has 5 N–H and O–H groups in total. The third-order valence-electron chi connectivity index (χ3n) is 3.94. The van der Waals surface area contributed by atoms with Gasteiger partial charge in [0.15, 0.2) is 0 Å². The van der Waals surface area contributed by atoms with Crippen molar-refractivity contribution in [2.45, 2.75) is 0 Å². The van der Waals surface area contributed by atoms with E-state index in [0.29, 0.717) is 33.4 Å². The van der Waals surface area contributed by atoms with Crippen LogP contribution in [-0.2, 0) is 0 Å². The van der Waals surface area contributed by atoms with Crippen molar-refractivity contribution >= 4 is 28.5 Å². The number of aromatic nitrogens is 2. The predicted octanol–water partition coefficient (Wildman–Crippen LogP) is 3.95. The van der Waals surface area contributed by atoms with Crippen LogP contribution in [0.3, 0.4) is 0 Å². The van der Waals surface area contributed by atoms with Crippen molar-refractivity contribution in [3.05, 3.63) is 77.3 Å². The lowest BCUT2D eigenvalue weighted by Gasteiger charge is -2.06. The Morgan fingerprint density at radius 3 is 2.22 bits per heavy atom. The van der Waals surface area contributed by atoms with Crippen molar-refractivity contribution in [3.8, 4) is 22.9 Å². The minimum absolute atomic E-state index is 0. The Bertz CT molecular complexity index is 1090. The Balaban J connectivity index is 0.00000210. The zero-order chi connectivity index (χ0) is 18.1. The summed E-state index contributed by atoms with van der Waals surface area (Å²) in [5.41, 5.74) is 8.18. The molecular weight excluding hydrogens is 366 g/mol. The van der Waals surface area contributed by atoms with Crippen molar-refractivity contribution in [2.75, 3.05) is 0 Å². The summed E-state index contributed by atoms with van der Waals surface area (Å²) in [6, 6.07) is 19.9. The topological polar surface area (TPSA) is 112 Å². The quantitative estimate of drug-likeness (QED) is 0.557. The number of H-pyrrole nitrogens is 1. The van der Waals surface area contributed by atoms with Gasteiger partial charge in [-0.2, -0.15) is 0 Å². The Labute approximate surface area is 159 Å². The maximum absolute atomic E-state index is 11.3. The molecule has 0 saturated heterocycles. The van der Waals surface area contributed by atoms with E-state index >= 15 is 0 Å². The highest BCUT2D eigenvalue weighted by atomic mass is 35.5. The first kappa shape index (κ1) is 18.4. The lowest BCUT2D eigenvalue weighted by atomic mass is 10.2. The third kappa shape index (κ3) is 3.92. The summed E-state index contributed by atoms with van der Waals surface area (Å²) in [5.74, 6) is 1.66. The van der Waals surface area contributed by atoms with Crippen LogP contribution in [0.4, 0.5) is 0 Å². The Hall–Kier alpha value is -3.35. The molecule has 0 aliphatic heterocycles. The second-order valence-corrected chi connectivity index (χ2v) is 6.20. The first-order valence-corrected chi connectivity index (χ1v) is 8.30. The number of nitrogens with zero attached hydrogens (tertiary/aromatic N) is 1. The van der Waals surface area contributed by atoms with Crippen LogP contribution in [0.25, 0.3) is 22.4 Å². The van der Waals surface area contributed by atoms with E-state index in [1.54, 1.807) is 30.3 Å². The van der Waals surface area contributed by atoms with E-state index in [-0.39, 0.29) is 5.48 Å². The summed E-state index contributed by atoms with van der Waals surface area (Å²) in [6.07, 6.45) is 0. The number of imidazole rings is 1. The molecule has 1 aromatic heterocycles. The molecular formula is C20H16ClN3O3. The number of aromatic amines is 1. The molecule has 0 spiro atoms. The van der Waals surface area contributed by atoms with Gasteiger partial charge in [-0.15, -0.1) is 0 Å². The monoisotopic (exact) mass is 381 g/mol. The molecule has 0 bridgehead atoms. The maximum atomic E-state index is 11.3. The fourth-order valence-corrected chi connectivity index (χ4v) is 2.74. The molecule has 6 nitrogen and oxygen atoms in total. The molecule has 1 amide bonds. The van der Waals surface area contributed by atoms with Crippen LogP contribution in [-0.4, -0.2) is 21.4 Å². The molecule has 3 aromatic carbocycles. The summed E-state index contributed by atoms with van der Waals surface area (Å²) in [5, 5.41) is 0.664. The number of rotatable bonds is 4. The van der Waals surface area contributed by atoms with Gasteiger partial charge < -0.3 is 20.9 Å². The third-order valence-corrected chi connectivity index (χ3v) is 4.20. The van der Waals surface area contributed by atoms with E-state index in [1.807, 2.05) is 36.4 Å². The van der Waals surface area contributed by atoms with Gasteiger partial charge in [0.05, 0.1) is 11.0 Å². The molecule has 7 heteroatoms. The van der Waals surface area contributed by atoms with Gasteiger partial charge in [-0.25, -0.2) is 4.98 Å². The average Bonchev–Trinajstić information content (AvgIpc) is 3.07. The summed E-state index contributed by atoms with van der Waals surface area (Å²) < 4.78 is 5.78. The number of hydrogen-bond donors (Lipinski definition) is 2. The van der Waals surface area contributed by atoms with Crippen LogP contribution >= 0.6 is 11.6 Å². The fraction of sp³-hybridized carbons (Fsp3) is 0. The molecule has 4 aromatic rings. The van der Waals surface area contributed by atoms with Crippen molar-refractivity contribution in [1.29, 1.82) is 0 Å². The molecule has 27 heavy (non-hydrogen) atoms. The number of carbonyl (C=O) groups excluding carboxylic acids is 1. The molecule has 0 aliphatic carbocycles. The SMILES string of the molecule is NC(=O)c1ccc2[nH]c(-c3ccc(Oc4ccc(Cl)cc4)cc3)nc2c1.O. The van der Waals surface area contributed by atoms with Gasteiger partial charge in [0.2, 0.25) is 5.91 Å². The first-order valence-electron chi connectivity index (χ1n) is 7.92. The highest BCUT2D eigenvalue weighted by Gasteiger charge is 2.08. The average molecular weight is 382 g/mol. The Kier molecular flexibility index (Phi) is 5.12. The summed E-state index contributed by atoms with van der Waals surface area (Å²) in [7, 11) is 0. The van der Waals surface area contributed by atoms with E-state index in [1.165, 1.54) is 0 Å². The molecule has 0 aliphatic rings. The number of nitrogens with one attached hydrogen (secondary N) is 1. The number of hydrogen-bond acceptors (Lipinski definition) is 3. The van der Waals surface area contributed by atoms with Crippen molar-refractivity contribution in [1.82, 2.24) is 9.97 Å². The van der Waals surface area contributed by atoms with Crippen molar-refractivity contribution in [2.24, 2.45) is 5.73 Å². The molecule has 136 valence electrons. The number of fused-ring (bicyclic) bond motifs is 1. The Morgan fingerprint density at radius 2 is 1.59 bits per heavy atom. The van der Waals surface area contributed by atoms with Crippen LogP contribution < -0.4 is 10.5 Å². The summed E-state index contributed by atoms with van der Waals surface area (Å²) in [4.78, 5) is 19.1. The number of ether oxygens (including phenoxy) is 1. The van der Waals surface area contributed by atoms with Crippen LogP contribution in [0, 0.1) is 0 Å². The Morgan fingerprint density at radius 1 is 0.963 bits per heavy atom. The molecule has 0 radical (unpaired) electrons. The van der Waals surface area contributed by atoms with Crippen LogP contribution in [0.15, 0.2) is 66.7 Å². The minimum atomic E-state index is -0.472. The van der Waals surface area contributed by atoms with E-state index in [9.17, 15) is 4.79 Å². The number of nitrogens with two attached hydrogens (primary N) is 1. The normalized spacial score (nSPS) is 10.4. The van der Waals surface area contributed by atoms with Gasteiger partial charge in [-0.05, 0) is 66.7 Å². The van der Waals surface area contributed by atoms with Gasteiger partial charge in [0.25, 0.3) is 0 Å². The molecule has 0 fully saturated rings. The molecule has 0 saturated carbocycles. The second-order valence-electron chi connectivity index (χ2n) is 5.76. The van der Waals surface area contributed by atoms with Gasteiger partial charge in [-0.3, -0.25) is 4.79 Å². The van der Waals surface area contributed by atoms with Gasteiger partial charge >= 0.3 is 0 Å².